The molecule has 17 heavy (non-hydrogen) atoms. The summed E-state index contributed by atoms with van der Waals surface area (Å²) in [5.41, 5.74) is 0.283. The van der Waals surface area contributed by atoms with Crippen LogP contribution in [0.15, 0.2) is 0 Å². The topological polar surface area (TPSA) is 20.2 Å². The molecule has 0 aromatic carbocycles. The number of hydrogen-bond acceptors (Lipinski definition) is 2. The second kappa shape index (κ2) is 8.42. The minimum absolute atomic E-state index is 0.283. The molecule has 1 saturated carbocycles. The van der Waals surface area contributed by atoms with Crippen LogP contribution in [0.4, 0.5) is 0 Å². The first-order valence-corrected chi connectivity index (χ1v) is 8.60. The first kappa shape index (κ1) is 15.4. The van der Waals surface area contributed by atoms with E-state index in [2.05, 4.69) is 13.8 Å². The minimum atomic E-state index is 0.283. The minimum Gasteiger partial charge on any atom is -0.396 e. The van der Waals surface area contributed by atoms with E-state index >= 15 is 0 Å². The first-order valence-electron chi connectivity index (χ1n) is 7.45. The quantitative estimate of drug-likeness (QED) is 0.647. The number of thioether (sulfide) groups is 1. The van der Waals surface area contributed by atoms with Crippen LogP contribution in [0.5, 0.6) is 0 Å². The summed E-state index contributed by atoms with van der Waals surface area (Å²) in [6.07, 6.45) is 10.6. The summed E-state index contributed by atoms with van der Waals surface area (Å²) >= 11 is 2.02. The standard InChI is InChI=1S/C15H30OS/c1-3-5-6-14-7-9-15(13-16,10-8-14)11-12-17-4-2/h14,16H,3-13H2,1-2H3. The van der Waals surface area contributed by atoms with Gasteiger partial charge in [-0.25, -0.2) is 0 Å². The van der Waals surface area contributed by atoms with Gasteiger partial charge in [-0.3, -0.25) is 0 Å². The van der Waals surface area contributed by atoms with Crippen LogP contribution >= 0.6 is 11.8 Å². The Labute approximate surface area is 112 Å². The Morgan fingerprint density at radius 3 is 2.47 bits per heavy atom. The SMILES string of the molecule is CCCCC1CCC(CO)(CCSCC)CC1. The molecule has 0 saturated heterocycles. The van der Waals surface area contributed by atoms with Crippen molar-refractivity contribution in [2.24, 2.45) is 11.3 Å². The summed E-state index contributed by atoms with van der Waals surface area (Å²) in [7, 11) is 0. The smallest absolute Gasteiger partial charge is 0.0487 e. The number of unbranched alkanes of at least 4 members (excludes halogenated alkanes) is 1. The Morgan fingerprint density at radius 1 is 1.24 bits per heavy atom. The lowest BCUT2D eigenvalue weighted by Gasteiger charge is -2.39. The van der Waals surface area contributed by atoms with E-state index in [1.807, 2.05) is 11.8 Å². The van der Waals surface area contributed by atoms with Gasteiger partial charge < -0.3 is 5.11 Å². The highest BCUT2D eigenvalue weighted by Crippen LogP contribution is 2.43. The van der Waals surface area contributed by atoms with Crippen LogP contribution in [0.2, 0.25) is 0 Å². The summed E-state index contributed by atoms with van der Waals surface area (Å²) in [6, 6.07) is 0. The Kier molecular flexibility index (Phi) is 7.61. The van der Waals surface area contributed by atoms with Crippen LogP contribution in [0.1, 0.15) is 65.2 Å². The number of aliphatic hydroxyl groups excluding tert-OH is 1. The van der Waals surface area contributed by atoms with Crippen molar-refractivity contribution in [3.05, 3.63) is 0 Å². The third-order valence-corrected chi connectivity index (χ3v) is 5.35. The van der Waals surface area contributed by atoms with E-state index in [0.717, 1.165) is 5.92 Å². The van der Waals surface area contributed by atoms with Crippen molar-refractivity contribution in [3.63, 3.8) is 0 Å². The maximum Gasteiger partial charge on any atom is 0.0487 e. The Morgan fingerprint density at radius 2 is 1.94 bits per heavy atom. The molecule has 1 rings (SSSR count). The predicted molar refractivity (Wildman–Crippen MR) is 78.6 cm³/mol. The zero-order chi connectivity index (χ0) is 12.6. The molecule has 1 fully saturated rings. The normalized spacial score (nSPS) is 29.5. The van der Waals surface area contributed by atoms with E-state index in [1.165, 1.54) is 62.9 Å². The van der Waals surface area contributed by atoms with E-state index in [9.17, 15) is 5.11 Å². The molecule has 0 aromatic heterocycles. The molecular formula is C15H30OS. The number of aliphatic hydroxyl groups is 1. The van der Waals surface area contributed by atoms with Crippen molar-refractivity contribution in [2.75, 3.05) is 18.1 Å². The van der Waals surface area contributed by atoms with Gasteiger partial charge in [0.15, 0.2) is 0 Å². The van der Waals surface area contributed by atoms with Crippen LogP contribution in [-0.4, -0.2) is 23.2 Å². The maximum absolute atomic E-state index is 9.69. The number of rotatable bonds is 8. The molecule has 1 N–H and O–H groups in total. The second-order valence-corrected chi connectivity index (χ2v) is 7.08. The molecule has 0 radical (unpaired) electrons. The highest BCUT2D eigenvalue weighted by Gasteiger charge is 2.33. The fourth-order valence-electron chi connectivity index (χ4n) is 2.99. The van der Waals surface area contributed by atoms with Crippen molar-refractivity contribution in [1.29, 1.82) is 0 Å². The summed E-state index contributed by atoms with van der Waals surface area (Å²) < 4.78 is 0. The third-order valence-electron chi connectivity index (χ3n) is 4.45. The first-order chi connectivity index (χ1) is 8.26. The Hall–Kier alpha value is 0.310. The molecule has 1 aliphatic rings. The molecule has 1 nitrogen and oxygen atoms in total. The fourth-order valence-corrected chi connectivity index (χ4v) is 3.86. The van der Waals surface area contributed by atoms with Crippen LogP contribution in [-0.2, 0) is 0 Å². The molecule has 0 aliphatic heterocycles. The highest BCUT2D eigenvalue weighted by molar-refractivity contribution is 7.99. The van der Waals surface area contributed by atoms with Gasteiger partial charge in [-0.1, -0.05) is 33.1 Å². The predicted octanol–water partition coefficient (Wildman–Crippen LogP) is 4.49. The van der Waals surface area contributed by atoms with Gasteiger partial charge in [0.05, 0.1) is 0 Å². The van der Waals surface area contributed by atoms with Crippen molar-refractivity contribution in [3.8, 4) is 0 Å². The van der Waals surface area contributed by atoms with E-state index in [-0.39, 0.29) is 5.41 Å². The van der Waals surface area contributed by atoms with Crippen molar-refractivity contribution in [1.82, 2.24) is 0 Å². The van der Waals surface area contributed by atoms with Gasteiger partial charge in [0, 0.05) is 6.61 Å². The van der Waals surface area contributed by atoms with Gasteiger partial charge in [-0.2, -0.15) is 11.8 Å². The van der Waals surface area contributed by atoms with Crippen LogP contribution in [0.25, 0.3) is 0 Å². The molecule has 1 aliphatic carbocycles. The van der Waals surface area contributed by atoms with Gasteiger partial charge >= 0.3 is 0 Å². The molecule has 0 amide bonds. The van der Waals surface area contributed by atoms with Crippen LogP contribution in [0.3, 0.4) is 0 Å². The van der Waals surface area contributed by atoms with Gasteiger partial charge in [-0.15, -0.1) is 0 Å². The van der Waals surface area contributed by atoms with Gasteiger partial charge in [0.25, 0.3) is 0 Å². The maximum atomic E-state index is 9.69. The third kappa shape index (κ3) is 5.21. The second-order valence-electron chi connectivity index (χ2n) is 5.69. The van der Waals surface area contributed by atoms with E-state index in [0.29, 0.717) is 6.61 Å². The largest absolute Gasteiger partial charge is 0.396 e. The van der Waals surface area contributed by atoms with Gasteiger partial charge in [-0.05, 0) is 54.9 Å². The van der Waals surface area contributed by atoms with Crippen molar-refractivity contribution in [2.45, 2.75) is 65.2 Å². The van der Waals surface area contributed by atoms with Crippen LogP contribution in [0, 0.1) is 11.3 Å². The summed E-state index contributed by atoms with van der Waals surface area (Å²) in [5.74, 6) is 3.39. The lowest BCUT2D eigenvalue weighted by atomic mass is 9.68. The molecular weight excluding hydrogens is 228 g/mol. The molecule has 0 heterocycles. The van der Waals surface area contributed by atoms with Gasteiger partial charge in [0.1, 0.15) is 0 Å². The van der Waals surface area contributed by atoms with Crippen molar-refractivity contribution < 1.29 is 5.11 Å². The lowest BCUT2D eigenvalue weighted by molar-refractivity contribution is 0.0595. The fraction of sp³-hybridized carbons (Fsp3) is 1.00. The molecule has 0 bridgehead atoms. The Balaban J connectivity index is 2.29. The Bertz CT molecular complexity index is 185. The average molecular weight is 258 g/mol. The summed E-state index contributed by atoms with van der Waals surface area (Å²) in [5, 5.41) is 9.69. The molecule has 2 heteroatoms. The molecule has 0 unspecified atom stereocenters. The van der Waals surface area contributed by atoms with E-state index in [1.54, 1.807) is 0 Å². The number of hydrogen-bond donors (Lipinski definition) is 1. The van der Waals surface area contributed by atoms with E-state index < -0.39 is 0 Å². The van der Waals surface area contributed by atoms with Crippen LogP contribution < -0.4 is 0 Å². The monoisotopic (exact) mass is 258 g/mol. The average Bonchev–Trinajstić information content (AvgIpc) is 2.38. The molecule has 0 aromatic rings. The zero-order valence-electron chi connectivity index (χ0n) is 11.7. The lowest BCUT2D eigenvalue weighted by Crippen LogP contribution is -2.31. The van der Waals surface area contributed by atoms with Gasteiger partial charge in [0.2, 0.25) is 0 Å². The molecule has 102 valence electrons. The van der Waals surface area contributed by atoms with Crippen molar-refractivity contribution >= 4 is 11.8 Å². The molecule has 0 spiro atoms. The molecule has 0 atom stereocenters. The highest BCUT2D eigenvalue weighted by atomic mass is 32.2. The summed E-state index contributed by atoms with van der Waals surface area (Å²) in [4.78, 5) is 0. The van der Waals surface area contributed by atoms with E-state index in [4.69, 9.17) is 0 Å². The summed E-state index contributed by atoms with van der Waals surface area (Å²) in [6.45, 7) is 4.92. The zero-order valence-corrected chi connectivity index (χ0v) is 12.5.